The van der Waals surface area contributed by atoms with Crippen molar-refractivity contribution in [1.29, 1.82) is 0 Å². The summed E-state index contributed by atoms with van der Waals surface area (Å²) in [5.41, 5.74) is 0.559. The zero-order chi connectivity index (χ0) is 18.9. The van der Waals surface area contributed by atoms with Crippen molar-refractivity contribution in [3.05, 3.63) is 35.4 Å². The van der Waals surface area contributed by atoms with Crippen molar-refractivity contribution in [2.75, 3.05) is 32.8 Å². The molecule has 0 aliphatic carbocycles. The first-order chi connectivity index (χ1) is 12.3. The highest BCUT2D eigenvalue weighted by atomic mass is 35.6. The Bertz CT molecular complexity index is 697. The molecule has 0 saturated carbocycles. The maximum Gasteiger partial charge on any atom is 0.262 e. The van der Waals surface area contributed by atoms with Crippen molar-refractivity contribution < 1.29 is 24.0 Å². The number of nitrogens with one attached hydrogen (secondary N) is 2. The first-order valence-corrected chi connectivity index (χ1v) is 9.16. The Morgan fingerprint density at radius 2 is 1.69 bits per heavy atom. The van der Waals surface area contributed by atoms with E-state index < -0.39 is 34.2 Å². The molecule has 140 valence electrons. The van der Waals surface area contributed by atoms with Crippen LogP contribution in [0.5, 0.6) is 0 Å². The Morgan fingerprint density at radius 3 is 2.19 bits per heavy atom. The van der Waals surface area contributed by atoms with Gasteiger partial charge in [-0.05, 0) is 12.1 Å². The number of benzene rings is 1. The van der Waals surface area contributed by atoms with E-state index >= 15 is 0 Å². The molecule has 1 unspecified atom stereocenters. The van der Waals surface area contributed by atoms with E-state index in [2.05, 4.69) is 5.32 Å². The molecule has 26 heavy (non-hydrogen) atoms. The number of hydrogen-bond donors (Lipinski definition) is 2. The first-order valence-electron chi connectivity index (χ1n) is 8.02. The van der Waals surface area contributed by atoms with Crippen LogP contribution in [-0.2, 0) is 9.53 Å². The van der Waals surface area contributed by atoms with E-state index in [1.165, 1.54) is 0 Å². The summed E-state index contributed by atoms with van der Waals surface area (Å²) in [5.74, 6) is -1.59. The van der Waals surface area contributed by atoms with Crippen molar-refractivity contribution in [1.82, 2.24) is 10.2 Å². The summed E-state index contributed by atoms with van der Waals surface area (Å²) in [6, 6.07) is 6.42. The number of rotatable bonds is 4. The Labute approximate surface area is 165 Å². The van der Waals surface area contributed by atoms with Gasteiger partial charge in [-0.2, -0.15) is 0 Å². The second-order valence-corrected chi connectivity index (χ2v) is 8.42. The predicted octanol–water partition coefficient (Wildman–Crippen LogP) is 0.0102. The number of morpholine rings is 1. The smallest absolute Gasteiger partial charge is 0.262 e. The summed E-state index contributed by atoms with van der Waals surface area (Å²) in [4.78, 5) is 38.9. The molecule has 0 aromatic heterocycles. The third-order valence-corrected chi connectivity index (χ3v) is 5.01. The van der Waals surface area contributed by atoms with Crippen LogP contribution in [0.3, 0.4) is 0 Å². The van der Waals surface area contributed by atoms with Crippen LogP contribution in [0.25, 0.3) is 0 Å². The van der Waals surface area contributed by atoms with Gasteiger partial charge in [-0.25, -0.2) is 0 Å². The largest absolute Gasteiger partial charge is 0.370 e. The van der Waals surface area contributed by atoms with E-state index in [4.69, 9.17) is 39.5 Å². The van der Waals surface area contributed by atoms with Gasteiger partial charge in [-0.1, -0.05) is 46.9 Å². The van der Waals surface area contributed by atoms with E-state index in [1.54, 1.807) is 24.3 Å². The molecule has 2 aliphatic rings. The Kier molecular flexibility index (Phi) is 5.74. The van der Waals surface area contributed by atoms with E-state index in [-0.39, 0.29) is 11.1 Å². The minimum atomic E-state index is -1.75. The van der Waals surface area contributed by atoms with Gasteiger partial charge in [0.2, 0.25) is 12.1 Å². The number of fused-ring (bicyclic) bond motifs is 1. The van der Waals surface area contributed by atoms with Gasteiger partial charge < -0.3 is 15.0 Å². The molecular formula is C16H17Cl3N3O4+. The number of carbonyl (C=O) groups excluding carboxylic acids is 3. The van der Waals surface area contributed by atoms with Crippen molar-refractivity contribution in [2.24, 2.45) is 0 Å². The molecule has 1 aromatic rings. The summed E-state index contributed by atoms with van der Waals surface area (Å²) in [6.45, 7) is 1.66. The zero-order valence-electron chi connectivity index (χ0n) is 13.6. The van der Waals surface area contributed by atoms with Crippen molar-refractivity contribution in [3.8, 4) is 0 Å². The van der Waals surface area contributed by atoms with Crippen LogP contribution in [0.15, 0.2) is 24.3 Å². The van der Waals surface area contributed by atoms with Gasteiger partial charge in [0, 0.05) is 0 Å². The van der Waals surface area contributed by atoms with E-state index in [0.717, 1.165) is 9.80 Å². The molecule has 2 heterocycles. The normalized spacial score (nSPS) is 19.4. The molecule has 7 nitrogen and oxygen atoms in total. The zero-order valence-corrected chi connectivity index (χ0v) is 15.9. The van der Waals surface area contributed by atoms with Crippen molar-refractivity contribution in [3.63, 3.8) is 0 Å². The molecule has 1 aromatic carbocycles. The molecule has 3 rings (SSSR count). The molecule has 0 bridgehead atoms. The number of carbonyl (C=O) groups is 3. The second kappa shape index (κ2) is 7.70. The predicted molar refractivity (Wildman–Crippen MR) is 95.5 cm³/mol. The van der Waals surface area contributed by atoms with Gasteiger partial charge in [0.25, 0.3) is 15.6 Å². The lowest BCUT2D eigenvalue weighted by Crippen LogP contribution is -3.21. The summed E-state index contributed by atoms with van der Waals surface area (Å²) >= 11 is 18.1. The average molecular weight is 422 g/mol. The molecular weight excluding hydrogens is 405 g/mol. The van der Waals surface area contributed by atoms with Gasteiger partial charge in [0.15, 0.2) is 0 Å². The van der Waals surface area contributed by atoms with Gasteiger partial charge >= 0.3 is 0 Å². The number of alkyl halides is 3. The van der Waals surface area contributed by atoms with Crippen LogP contribution in [0.1, 0.15) is 20.7 Å². The summed E-state index contributed by atoms with van der Waals surface area (Å²) in [5, 5.41) is 2.65. The fourth-order valence-corrected chi connectivity index (χ4v) is 3.70. The Hall–Kier alpha value is -1.38. The van der Waals surface area contributed by atoms with Gasteiger partial charge in [-0.3, -0.25) is 19.3 Å². The van der Waals surface area contributed by atoms with Crippen LogP contribution in [0, 0.1) is 0 Å². The van der Waals surface area contributed by atoms with Crippen molar-refractivity contribution in [2.45, 2.75) is 9.96 Å². The Balaban J connectivity index is 1.69. The Morgan fingerprint density at radius 1 is 1.15 bits per heavy atom. The number of ether oxygens (including phenoxy) is 1. The van der Waals surface area contributed by atoms with Crippen LogP contribution in [0.4, 0.5) is 0 Å². The lowest BCUT2D eigenvalue weighted by atomic mass is 10.1. The average Bonchev–Trinajstić information content (AvgIpc) is 2.85. The minimum absolute atomic E-state index is 0.280. The number of nitrogens with zero attached hydrogens (tertiary/aromatic N) is 1. The van der Waals surface area contributed by atoms with Gasteiger partial charge in [0.05, 0.1) is 24.3 Å². The first kappa shape index (κ1) is 19.4. The fourth-order valence-electron chi connectivity index (χ4n) is 3.07. The van der Waals surface area contributed by atoms with Crippen LogP contribution >= 0.6 is 34.8 Å². The van der Waals surface area contributed by atoms with Gasteiger partial charge in [-0.15, -0.1) is 0 Å². The summed E-state index contributed by atoms with van der Waals surface area (Å²) in [6.07, 6.45) is -0.820. The lowest BCUT2D eigenvalue weighted by Gasteiger charge is -2.35. The number of quaternary nitrogens is 1. The number of imide groups is 1. The molecule has 0 radical (unpaired) electrons. The third-order valence-electron chi connectivity index (χ3n) is 4.36. The van der Waals surface area contributed by atoms with E-state index in [9.17, 15) is 14.4 Å². The van der Waals surface area contributed by atoms with Crippen molar-refractivity contribution >= 4 is 52.5 Å². The molecule has 1 saturated heterocycles. The molecule has 10 heteroatoms. The number of amides is 3. The quantitative estimate of drug-likeness (QED) is 0.530. The maximum absolute atomic E-state index is 12.5. The van der Waals surface area contributed by atoms with E-state index in [0.29, 0.717) is 26.3 Å². The van der Waals surface area contributed by atoms with Crippen LogP contribution in [0.2, 0.25) is 0 Å². The molecule has 2 N–H and O–H groups in total. The molecule has 3 amide bonds. The fraction of sp³-hybridized carbons (Fsp3) is 0.438. The number of hydrogen-bond acceptors (Lipinski definition) is 4. The molecule has 1 fully saturated rings. The minimum Gasteiger partial charge on any atom is -0.370 e. The lowest BCUT2D eigenvalue weighted by molar-refractivity contribution is -0.934. The topological polar surface area (TPSA) is 80.2 Å². The maximum atomic E-state index is 12.5. The number of halogens is 3. The van der Waals surface area contributed by atoms with Crippen LogP contribution < -0.4 is 10.2 Å². The molecule has 1 atom stereocenters. The van der Waals surface area contributed by atoms with Crippen LogP contribution in [-0.4, -0.2) is 65.4 Å². The second-order valence-electron chi connectivity index (χ2n) is 6.05. The SMILES string of the molecule is O=C(CN1C(=O)c2ccccc2C1=O)NC([NH+]1CCOCC1)C(Cl)(Cl)Cl. The summed E-state index contributed by atoms with van der Waals surface area (Å²) < 4.78 is 3.53. The highest BCUT2D eigenvalue weighted by Gasteiger charge is 2.44. The third kappa shape index (κ3) is 3.97. The standard InChI is InChI=1S/C16H16Cl3N3O4/c17-16(18,19)15(21-5-7-26-8-6-21)20-12(23)9-22-13(24)10-3-1-2-4-11(10)14(22)25/h1-4,15H,5-9H2,(H,20,23)/p+1. The molecule has 2 aliphatic heterocycles. The highest BCUT2D eigenvalue weighted by molar-refractivity contribution is 6.68. The monoisotopic (exact) mass is 420 g/mol. The van der Waals surface area contributed by atoms with E-state index in [1.807, 2.05) is 0 Å². The highest BCUT2D eigenvalue weighted by Crippen LogP contribution is 2.28. The molecule has 0 spiro atoms. The van der Waals surface area contributed by atoms with Gasteiger partial charge in [0.1, 0.15) is 19.6 Å². The summed E-state index contributed by atoms with van der Waals surface area (Å²) in [7, 11) is 0.